The molecule has 0 aromatic carbocycles. The number of hydrogen-bond donors (Lipinski definition) is 0. The van der Waals surface area contributed by atoms with Gasteiger partial charge in [-0.15, -0.1) is 11.3 Å². The first-order chi connectivity index (χ1) is 7.24. The summed E-state index contributed by atoms with van der Waals surface area (Å²) in [5, 5.41) is 0. The highest BCUT2D eigenvalue weighted by atomic mass is 32.1. The Morgan fingerprint density at radius 2 is 1.67 bits per heavy atom. The molecule has 0 aliphatic carbocycles. The Morgan fingerprint density at radius 3 is 2.27 bits per heavy atom. The summed E-state index contributed by atoms with van der Waals surface area (Å²) in [6, 6.07) is 2.37. The van der Waals surface area contributed by atoms with Gasteiger partial charge in [-0.3, -0.25) is 0 Å². The number of aryl methyl sites for hydroxylation is 3. The lowest BCUT2D eigenvalue weighted by molar-refractivity contribution is 0.607. The fraction of sp³-hybridized carbons (Fsp3) is 0.714. The molecule has 0 unspecified atom stereocenters. The largest absolute Gasteiger partial charge is 0.146 e. The van der Waals surface area contributed by atoms with E-state index in [0.717, 1.165) is 0 Å². The van der Waals surface area contributed by atoms with Crippen LogP contribution in [-0.4, -0.2) is 0 Å². The van der Waals surface area contributed by atoms with Gasteiger partial charge in [0.15, 0.2) is 0 Å². The maximum atomic E-state index is 2.37. The molecule has 1 heterocycles. The zero-order chi connectivity index (χ0) is 11.1. The SMILES string of the molecule is CCCCCCCCc1cc(C)sc1C. The minimum atomic E-state index is 1.29. The van der Waals surface area contributed by atoms with Crippen LogP contribution in [0.5, 0.6) is 0 Å². The average Bonchev–Trinajstić information content (AvgIpc) is 2.51. The van der Waals surface area contributed by atoms with Gasteiger partial charge in [-0.05, 0) is 38.3 Å². The standard InChI is InChI=1S/C14H24S/c1-4-5-6-7-8-9-10-14-11-12(2)15-13(14)3/h11H,4-10H2,1-3H3. The minimum Gasteiger partial charge on any atom is -0.146 e. The van der Waals surface area contributed by atoms with Gasteiger partial charge in [-0.25, -0.2) is 0 Å². The molecule has 0 nitrogen and oxygen atoms in total. The lowest BCUT2D eigenvalue weighted by Gasteiger charge is -2.00. The zero-order valence-corrected chi connectivity index (χ0v) is 11.3. The van der Waals surface area contributed by atoms with Gasteiger partial charge in [0.1, 0.15) is 0 Å². The lowest BCUT2D eigenvalue weighted by Crippen LogP contribution is -1.85. The van der Waals surface area contributed by atoms with Crippen LogP contribution in [0.25, 0.3) is 0 Å². The molecule has 1 aromatic heterocycles. The summed E-state index contributed by atoms with van der Waals surface area (Å²) in [5.41, 5.74) is 1.59. The Hall–Kier alpha value is -0.300. The quantitative estimate of drug-likeness (QED) is 0.554. The fourth-order valence-corrected chi connectivity index (χ4v) is 3.00. The van der Waals surface area contributed by atoms with E-state index in [0.29, 0.717) is 0 Å². The normalized spacial score (nSPS) is 10.9. The van der Waals surface area contributed by atoms with Crippen molar-refractivity contribution < 1.29 is 0 Å². The molecule has 0 aliphatic heterocycles. The second-order valence-electron chi connectivity index (χ2n) is 4.46. The summed E-state index contributed by atoms with van der Waals surface area (Å²) >= 11 is 1.94. The molecule has 0 saturated carbocycles. The van der Waals surface area contributed by atoms with Crippen molar-refractivity contribution in [2.24, 2.45) is 0 Å². The molecule has 0 fully saturated rings. The van der Waals surface area contributed by atoms with Crippen molar-refractivity contribution in [3.63, 3.8) is 0 Å². The first kappa shape index (κ1) is 12.8. The molecule has 0 aliphatic rings. The van der Waals surface area contributed by atoms with Gasteiger partial charge < -0.3 is 0 Å². The topological polar surface area (TPSA) is 0 Å². The van der Waals surface area contributed by atoms with Gasteiger partial charge in [0.2, 0.25) is 0 Å². The number of unbranched alkanes of at least 4 members (excludes halogenated alkanes) is 5. The van der Waals surface area contributed by atoms with Crippen molar-refractivity contribution in [2.75, 3.05) is 0 Å². The first-order valence-electron chi connectivity index (χ1n) is 6.30. The van der Waals surface area contributed by atoms with Gasteiger partial charge in [0.25, 0.3) is 0 Å². The van der Waals surface area contributed by atoms with Gasteiger partial charge in [0, 0.05) is 9.75 Å². The molecule has 1 rings (SSSR count). The van der Waals surface area contributed by atoms with E-state index in [2.05, 4.69) is 26.8 Å². The van der Waals surface area contributed by atoms with Crippen molar-refractivity contribution in [1.29, 1.82) is 0 Å². The predicted molar refractivity (Wildman–Crippen MR) is 70.9 cm³/mol. The van der Waals surface area contributed by atoms with Crippen LogP contribution in [0, 0.1) is 13.8 Å². The third-order valence-corrected chi connectivity index (χ3v) is 3.95. The van der Waals surface area contributed by atoms with Crippen molar-refractivity contribution >= 4 is 11.3 Å². The van der Waals surface area contributed by atoms with Gasteiger partial charge in [0.05, 0.1) is 0 Å². The highest BCUT2D eigenvalue weighted by Gasteiger charge is 2.01. The molecule has 1 heteroatoms. The van der Waals surface area contributed by atoms with Gasteiger partial charge in [-0.2, -0.15) is 0 Å². The van der Waals surface area contributed by atoms with E-state index in [1.165, 1.54) is 54.7 Å². The van der Waals surface area contributed by atoms with Crippen LogP contribution < -0.4 is 0 Å². The summed E-state index contributed by atoms with van der Waals surface area (Å²) in [5.74, 6) is 0. The van der Waals surface area contributed by atoms with Crippen LogP contribution in [0.15, 0.2) is 6.07 Å². The zero-order valence-electron chi connectivity index (χ0n) is 10.4. The summed E-state index contributed by atoms with van der Waals surface area (Å²) in [6.45, 7) is 6.74. The molecule has 1 aromatic rings. The van der Waals surface area contributed by atoms with Crippen molar-refractivity contribution in [2.45, 2.75) is 65.7 Å². The highest BCUT2D eigenvalue weighted by molar-refractivity contribution is 7.12. The second kappa shape index (κ2) is 7.05. The van der Waals surface area contributed by atoms with Crippen molar-refractivity contribution in [1.82, 2.24) is 0 Å². The molecule has 0 radical (unpaired) electrons. The smallest absolute Gasteiger partial charge is 0.00490 e. The van der Waals surface area contributed by atoms with E-state index in [4.69, 9.17) is 0 Å². The van der Waals surface area contributed by atoms with Crippen LogP contribution in [0.1, 0.15) is 60.8 Å². The summed E-state index contributed by atoms with van der Waals surface area (Å²) in [7, 11) is 0. The van der Waals surface area contributed by atoms with Crippen molar-refractivity contribution in [3.05, 3.63) is 21.4 Å². The van der Waals surface area contributed by atoms with Crippen LogP contribution in [0.3, 0.4) is 0 Å². The first-order valence-corrected chi connectivity index (χ1v) is 7.11. The minimum absolute atomic E-state index is 1.29. The number of hydrogen-bond acceptors (Lipinski definition) is 1. The molecule has 0 spiro atoms. The Bertz CT molecular complexity index is 273. The Kier molecular flexibility index (Phi) is 6.00. The molecule has 0 atom stereocenters. The maximum Gasteiger partial charge on any atom is 0.00490 e. The van der Waals surface area contributed by atoms with Crippen LogP contribution in [0.2, 0.25) is 0 Å². The fourth-order valence-electron chi connectivity index (χ4n) is 2.03. The Labute approximate surface area is 98.7 Å². The molecular formula is C14H24S. The van der Waals surface area contributed by atoms with E-state index in [9.17, 15) is 0 Å². The van der Waals surface area contributed by atoms with Crippen LogP contribution in [0.4, 0.5) is 0 Å². The van der Waals surface area contributed by atoms with Gasteiger partial charge >= 0.3 is 0 Å². The molecule has 86 valence electrons. The second-order valence-corrected chi connectivity index (χ2v) is 5.92. The monoisotopic (exact) mass is 224 g/mol. The Balaban J connectivity index is 2.12. The third kappa shape index (κ3) is 4.83. The summed E-state index contributed by atoms with van der Waals surface area (Å²) < 4.78 is 0. The van der Waals surface area contributed by atoms with Crippen LogP contribution >= 0.6 is 11.3 Å². The van der Waals surface area contributed by atoms with Gasteiger partial charge in [-0.1, -0.05) is 39.0 Å². The molecule has 0 saturated heterocycles. The Morgan fingerprint density at radius 1 is 1.00 bits per heavy atom. The third-order valence-electron chi connectivity index (χ3n) is 2.94. The summed E-state index contributed by atoms with van der Waals surface area (Å²) in [6.07, 6.45) is 9.70. The highest BCUT2D eigenvalue weighted by Crippen LogP contribution is 2.22. The average molecular weight is 224 g/mol. The van der Waals surface area contributed by atoms with E-state index < -0.39 is 0 Å². The van der Waals surface area contributed by atoms with Crippen LogP contribution in [-0.2, 0) is 6.42 Å². The molecule has 0 bridgehead atoms. The van der Waals surface area contributed by atoms with E-state index in [1.54, 1.807) is 5.56 Å². The molecule has 0 amide bonds. The number of thiophene rings is 1. The van der Waals surface area contributed by atoms with E-state index in [1.807, 2.05) is 11.3 Å². The maximum absolute atomic E-state index is 2.37. The molecule has 15 heavy (non-hydrogen) atoms. The number of rotatable bonds is 7. The molecular weight excluding hydrogens is 200 g/mol. The summed E-state index contributed by atoms with van der Waals surface area (Å²) in [4.78, 5) is 2.99. The predicted octanol–water partition coefficient (Wildman–Crippen LogP) is 5.27. The van der Waals surface area contributed by atoms with E-state index in [-0.39, 0.29) is 0 Å². The lowest BCUT2D eigenvalue weighted by atomic mass is 10.1. The van der Waals surface area contributed by atoms with E-state index >= 15 is 0 Å². The van der Waals surface area contributed by atoms with Crippen molar-refractivity contribution in [3.8, 4) is 0 Å². The molecule has 0 N–H and O–H groups in total.